The van der Waals surface area contributed by atoms with E-state index in [0.29, 0.717) is 0 Å². The van der Waals surface area contributed by atoms with Crippen LogP contribution in [0.1, 0.15) is 0 Å². The molecule has 1 aromatic heterocycles. The number of hydrogen-bond acceptors (Lipinski definition) is 1. The summed E-state index contributed by atoms with van der Waals surface area (Å²) in [6.45, 7) is 0. The third kappa shape index (κ3) is 1.71. The third-order valence-corrected chi connectivity index (χ3v) is 6.46. The third-order valence-electron chi connectivity index (χ3n) is 1.28. The van der Waals surface area contributed by atoms with Crippen LogP contribution in [0.5, 0.6) is 0 Å². The van der Waals surface area contributed by atoms with Crippen molar-refractivity contribution in [3.63, 3.8) is 0 Å². The van der Waals surface area contributed by atoms with Gasteiger partial charge in [-0.1, -0.05) is 0 Å². The van der Waals surface area contributed by atoms with Gasteiger partial charge in [0.25, 0.3) is 0 Å². The molecule has 0 aliphatic rings. The molecular weight excluding hydrogens is 219 g/mol. The maximum absolute atomic E-state index is 4.00. The van der Waals surface area contributed by atoms with E-state index in [-0.39, 0.29) is 0 Å². The molecule has 0 saturated carbocycles. The molecule has 1 aromatic rings. The van der Waals surface area contributed by atoms with Gasteiger partial charge in [0.1, 0.15) is 0 Å². The van der Waals surface area contributed by atoms with Gasteiger partial charge in [-0.25, -0.2) is 0 Å². The van der Waals surface area contributed by atoms with Crippen LogP contribution in [-0.4, -0.2) is 26.4 Å². The Balaban J connectivity index is 2.90. The minimum atomic E-state index is -1.79. The van der Waals surface area contributed by atoms with Crippen molar-refractivity contribution in [3.05, 3.63) is 18.7 Å². The predicted molar refractivity (Wildman–Crippen MR) is 41.0 cm³/mol. The Morgan fingerprint density at radius 2 is 2.00 bits per heavy atom. The molecule has 0 radical (unpaired) electrons. The molecule has 0 bridgehead atoms. The molecule has 0 unspecified atom stereocenters. The summed E-state index contributed by atoms with van der Waals surface area (Å²) < 4.78 is 2.29. The van der Waals surface area contributed by atoms with E-state index >= 15 is 0 Å². The van der Waals surface area contributed by atoms with E-state index in [9.17, 15) is 0 Å². The fourth-order valence-electron chi connectivity index (χ4n) is 0.656. The zero-order chi connectivity index (χ0) is 6.91. The molecule has 0 aliphatic heterocycles. The van der Waals surface area contributed by atoms with E-state index in [4.69, 9.17) is 0 Å². The predicted octanol–water partition coefficient (Wildman–Crippen LogP) is 1.57. The van der Waals surface area contributed by atoms with Gasteiger partial charge in [-0.2, -0.15) is 0 Å². The topological polar surface area (TPSA) is 17.8 Å². The zero-order valence-electron chi connectivity index (χ0n) is 6.13. The van der Waals surface area contributed by atoms with Gasteiger partial charge in [0.2, 0.25) is 0 Å². The second kappa shape index (κ2) is 2.32. The van der Waals surface area contributed by atoms with Gasteiger partial charge in [0.15, 0.2) is 0 Å². The first-order valence-electron chi connectivity index (χ1n) is 3.09. The maximum atomic E-state index is 4.00. The molecule has 1 rings (SSSR count). The molecule has 0 N–H and O–H groups in total. The summed E-state index contributed by atoms with van der Waals surface area (Å²) >= 11 is -1.79. The molecule has 0 atom stereocenters. The van der Waals surface area contributed by atoms with E-state index in [2.05, 4.69) is 28.8 Å². The molecule has 9 heavy (non-hydrogen) atoms. The Morgan fingerprint density at radius 3 is 2.22 bits per heavy atom. The minimum absolute atomic E-state index is 1.79. The monoisotopic (exact) mass is 232 g/mol. The van der Waals surface area contributed by atoms with Crippen molar-refractivity contribution in [2.24, 2.45) is 0 Å². The summed E-state index contributed by atoms with van der Waals surface area (Å²) in [7, 11) is 0. The van der Waals surface area contributed by atoms with Crippen LogP contribution < -0.4 is 0 Å². The Labute approximate surface area is 60.1 Å². The van der Waals surface area contributed by atoms with Crippen LogP contribution >= 0.6 is 0 Å². The second-order valence-electron chi connectivity index (χ2n) is 3.14. The Kier molecular flexibility index (Phi) is 1.84. The van der Waals surface area contributed by atoms with Crippen molar-refractivity contribution in [2.75, 3.05) is 0 Å². The van der Waals surface area contributed by atoms with E-state index in [1.54, 1.807) is 0 Å². The quantitative estimate of drug-likeness (QED) is 0.670. The molecule has 0 saturated heterocycles. The number of nitrogens with zero attached hydrogens (tertiary/aromatic N) is 2. The molecular formula is C6H12N2Sn. The summed E-state index contributed by atoms with van der Waals surface area (Å²) in [6.07, 6.45) is 5.84. The number of aromatic nitrogens is 2. The van der Waals surface area contributed by atoms with Gasteiger partial charge in [0.05, 0.1) is 0 Å². The van der Waals surface area contributed by atoms with Crippen molar-refractivity contribution in [1.82, 2.24) is 7.77 Å². The molecule has 0 fully saturated rings. The standard InChI is InChI=1S/C3H3N2.3CH3.Sn/c1-2-5-3-4-1;;;;/h1-3H;3*1H3;/q-1;;;;+1. The van der Waals surface area contributed by atoms with Crippen LogP contribution in [0, 0.1) is 0 Å². The van der Waals surface area contributed by atoms with Crippen LogP contribution in [0.15, 0.2) is 18.7 Å². The first kappa shape index (κ1) is 7.12. The fraction of sp³-hybridized carbons (Fsp3) is 0.500. The summed E-state index contributed by atoms with van der Waals surface area (Å²) in [4.78, 5) is 11.1. The molecule has 3 heteroatoms. The molecule has 50 valence electrons. The van der Waals surface area contributed by atoms with Gasteiger partial charge in [-0.3, -0.25) is 0 Å². The van der Waals surface area contributed by atoms with Crippen molar-refractivity contribution < 1.29 is 0 Å². The van der Waals surface area contributed by atoms with Crippen LogP contribution in [0.3, 0.4) is 0 Å². The van der Waals surface area contributed by atoms with Crippen LogP contribution in [0.25, 0.3) is 0 Å². The molecule has 1 heterocycles. The molecule has 0 aliphatic carbocycles. The van der Waals surface area contributed by atoms with Crippen molar-refractivity contribution in [2.45, 2.75) is 14.8 Å². The van der Waals surface area contributed by atoms with Gasteiger partial charge >= 0.3 is 60.0 Å². The number of imidazole rings is 1. The fourth-order valence-corrected chi connectivity index (χ4v) is 3.30. The molecule has 0 amide bonds. The Hall–Kier alpha value is 0.00870. The summed E-state index contributed by atoms with van der Waals surface area (Å²) in [5, 5.41) is 0. The van der Waals surface area contributed by atoms with E-state index < -0.39 is 18.7 Å². The molecule has 2 nitrogen and oxygen atoms in total. The van der Waals surface area contributed by atoms with Crippen LogP contribution in [0.4, 0.5) is 0 Å². The molecule has 0 spiro atoms. The Bertz CT molecular complexity index is 173. The first-order chi connectivity index (χ1) is 4.11. The van der Waals surface area contributed by atoms with Gasteiger partial charge in [-0.05, 0) is 0 Å². The van der Waals surface area contributed by atoms with Gasteiger partial charge < -0.3 is 0 Å². The Morgan fingerprint density at radius 1 is 1.33 bits per heavy atom. The van der Waals surface area contributed by atoms with Gasteiger partial charge in [-0.15, -0.1) is 0 Å². The van der Waals surface area contributed by atoms with Gasteiger partial charge in [0, 0.05) is 0 Å². The first-order valence-corrected chi connectivity index (χ1v) is 12.9. The van der Waals surface area contributed by atoms with Crippen LogP contribution in [-0.2, 0) is 0 Å². The summed E-state index contributed by atoms with van der Waals surface area (Å²) in [5.74, 6) is 0. The van der Waals surface area contributed by atoms with E-state index in [1.807, 2.05) is 12.5 Å². The van der Waals surface area contributed by atoms with E-state index in [0.717, 1.165) is 0 Å². The SMILES string of the molecule is [CH3][Sn]([CH3])([CH3])[n]1ccnc1. The summed E-state index contributed by atoms with van der Waals surface area (Å²) in [5.41, 5.74) is 0. The van der Waals surface area contributed by atoms with Crippen molar-refractivity contribution >= 4 is 18.7 Å². The van der Waals surface area contributed by atoms with Crippen LogP contribution in [0.2, 0.25) is 14.8 Å². The molecule has 0 aromatic carbocycles. The van der Waals surface area contributed by atoms with E-state index in [1.165, 1.54) is 0 Å². The summed E-state index contributed by atoms with van der Waals surface area (Å²) in [6, 6.07) is 0. The number of rotatable bonds is 1. The second-order valence-corrected chi connectivity index (χ2v) is 17.0. The average Bonchev–Trinajstić information content (AvgIpc) is 2.08. The normalized spacial score (nSPS) is 11.9. The van der Waals surface area contributed by atoms with Crippen molar-refractivity contribution in [1.29, 1.82) is 0 Å². The zero-order valence-corrected chi connectivity index (χ0v) is 8.98. The number of hydrogen-bond donors (Lipinski definition) is 0. The average molecular weight is 231 g/mol. The van der Waals surface area contributed by atoms with Crippen molar-refractivity contribution in [3.8, 4) is 0 Å².